The Hall–Kier alpha value is -3.06. The van der Waals surface area contributed by atoms with Gasteiger partial charge in [-0.15, -0.1) is 0 Å². The lowest BCUT2D eigenvalue weighted by molar-refractivity contribution is -0.123. The third-order valence-corrected chi connectivity index (χ3v) is 3.07. The summed E-state index contributed by atoms with van der Waals surface area (Å²) in [5.41, 5.74) is 8.08. The fourth-order valence-electron chi connectivity index (χ4n) is 1.72. The van der Waals surface area contributed by atoms with Crippen molar-refractivity contribution in [1.29, 1.82) is 0 Å². The molecule has 0 spiro atoms. The van der Waals surface area contributed by atoms with Gasteiger partial charge >= 0.3 is 0 Å². The van der Waals surface area contributed by atoms with Crippen LogP contribution in [0.3, 0.4) is 0 Å². The number of nitrogens with one attached hydrogen (secondary N) is 1. The lowest BCUT2D eigenvalue weighted by Gasteiger charge is -2.05. The summed E-state index contributed by atoms with van der Waals surface area (Å²) in [5, 5.41) is 4.36. The van der Waals surface area contributed by atoms with Crippen molar-refractivity contribution in [1.82, 2.24) is 5.43 Å². The van der Waals surface area contributed by atoms with E-state index in [0.717, 1.165) is 5.56 Å². The standard InChI is InChI=1S/C17H16ClN3O4/c18-13-2-1-3-15(8-13)25-11-17(23)21-20-9-12-4-6-14(7-5-12)24-10-16(19)22/h1-9H,10-11H2,(H2,19,22)(H,21,23)/b20-9+. The summed E-state index contributed by atoms with van der Waals surface area (Å²) in [6.45, 7) is -0.367. The number of hydrogen-bond donors (Lipinski definition) is 2. The zero-order valence-electron chi connectivity index (χ0n) is 13.1. The molecule has 0 aliphatic heterocycles. The molecule has 0 atom stereocenters. The van der Waals surface area contributed by atoms with Crippen LogP contribution in [-0.4, -0.2) is 31.2 Å². The summed E-state index contributed by atoms with van der Waals surface area (Å²) in [6, 6.07) is 13.5. The van der Waals surface area contributed by atoms with Gasteiger partial charge in [-0.25, -0.2) is 5.43 Å². The maximum Gasteiger partial charge on any atom is 0.277 e. The van der Waals surface area contributed by atoms with Gasteiger partial charge in [-0.05, 0) is 48.0 Å². The molecule has 0 aromatic heterocycles. The van der Waals surface area contributed by atoms with Gasteiger partial charge in [0, 0.05) is 5.02 Å². The summed E-state index contributed by atoms with van der Waals surface area (Å²) >= 11 is 5.82. The maximum absolute atomic E-state index is 11.6. The van der Waals surface area contributed by atoms with Gasteiger partial charge in [-0.1, -0.05) is 17.7 Å². The number of carbonyl (C=O) groups is 2. The molecule has 0 aliphatic carbocycles. The normalized spacial score (nSPS) is 10.4. The van der Waals surface area contributed by atoms with Crippen LogP contribution >= 0.6 is 11.6 Å². The average Bonchev–Trinajstić information content (AvgIpc) is 2.59. The molecule has 2 aromatic carbocycles. The molecule has 0 unspecified atom stereocenters. The van der Waals surface area contributed by atoms with E-state index in [1.807, 2.05) is 0 Å². The number of halogens is 1. The van der Waals surface area contributed by atoms with Crippen molar-refractivity contribution in [3.63, 3.8) is 0 Å². The van der Waals surface area contributed by atoms with Gasteiger partial charge in [0.05, 0.1) is 6.21 Å². The molecule has 25 heavy (non-hydrogen) atoms. The average molecular weight is 362 g/mol. The van der Waals surface area contributed by atoms with Crippen LogP contribution in [0.4, 0.5) is 0 Å². The minimum absolute atomic E-state index is 0.183. The second-order valence-corrected chi connectivity index (χ2v) is 5.30. The zero-order chi connectivity index (χ0) is 18.1. The largest absolute Gasteiger partial charge is 0.484 e. The molecule has 0 radical (unpaired) electrons. The van der Waals surface area contributed by atoms with Crippen LogP contribution in [0.5, 0.6) is 11.5 Å². The predicted octanol–water partition coefficient (Wildman–Crippen LogP) is 1.73. The summed E-state index contributed by atoms with van der Waals surface area (Å²) in [6.07, 6.45) is 1.47. The lowest BCUT2D eigenvalue weighted by atomic mass is 10.2. The Bertz CT molecular complexity index is 763. The summed E-state index contributed by atoms with van der Waals surface area (Å²) < 4.78 is 10.4. The topological polar surface area (TPSA) is 103 Å². The predicted molar refractivity (Wildman–Crippen MR) is 93.8 cm³/mol. The Kier molecular flexibility index (Phi) is 6.79. The van der Waals surface area contributed by atoms with Crippen molar-refractivity contribution < 1.29 is 19.1 Å². The molecule has 2 aromatic rings. The van der Waals surface area contributed by atoms with Crippen LogP contribution in [0.1, 0.15) is 5.56 Å². The van der Waals surface area contributed by atoms with Crippen molar-refractivity contribution in [2.24, 2.45) is 10.8 Å². The van der Waals surface area contributed by atoms with Crippen LogP contribution in [-0.2, 0) is 9.59 Å². The van der Waals surface area contributed by atoms with E-state index in [0.29, 0.717) is 16.5 Å². The highest BCUT2D eigenvalue weighted by atomic mass is 35.5. The van der Waals surface area contributed by atoms with E-state index >= 15 is 0 Å². The Balaban J connectivity index is 1.76. The molecule has 3 N–H and O–H groups in total. The Morgan fingerprint density at radius 3 is 2.48 bits per heavy atom. The molecule has 0 aliphatic rings. The number of primary amides is 1. The number of ether oxygens (including phenoxy) is 2. The van der Waals surface area contributed by atoms with Crippen molar-refractivity contribution in [3.8, 4) is 11.5 Å². The molecule has 0 heterocycles. The highest BCUT2D eigenvalue weighted by Crippen LogP contribution is 2.16. The van der Waals surface area contributed by atoms with E-state index in [2.05, 4.69) is 10.5 Å². The molecule has 0 bridgehead atoms. The minimum atomic E-state index is -0.548. The maximum atomic E-state index is 11.6. The van der Waals surface area contributed by atoms with Crippen LogP contribution in [0, 0.1) is 0 Å². The fourth-order valence-corrected chi connectivity index (χ4v) is 1.90. The fraction of sp³-hybridized carbons (Fsp3) is 0.118. The Morgan fingerprint density at radius 2 is 1.80 bits per heavy atom. The van der Waals surface area contributed by atoms with Crippen LogP contribution in [0.15, 0.2) is 53.6 Å². The first-order valence-corrected chi connectivity index (χ1v) is 7.62. The number of benzene rings is 2. The zero-order valence-corrected chi connectivity index (χ0v) is 13.9. The third kappa shape index (κ3) is 6.92. The Labute approximate surface area is 149 Å². The van der Waals surface area contributed by atoms with Gasteiger partial charge in [-0.2, -0.15) is 5.10 Å². The molecule has 7 nitrogen and oxygen atoms in total. The summed E-state index contributed by atoms with van der Waals surface area (Å²) in [4.78, 5) is 22.3. The van der Waals surface area contributed by atoms with Gasteiger partial charge in [0.15, 0.2) is 13.2 Å². The third-order valence-electron chi connectivity index (χ3n) is 2.83. The number of hydrogen-bond acceptors (Lipinski definition) is 5. The molecular formula is C17H16ClN3O4. The first kappa shape index (κ1) is 18.3. The molecular weight excluding hydrogens is 346 g/mol. The number of hydrazone groups is 1. The van der Waals surface area contributed by atoms with Gasteiger partial charge in [0.25, 0.3) is 11.8 Å². The van der Waals surface area contributed by atoms with Crippen molar-refractivity contribution in [3.05, 3.63) is 59.1 Å². The number of carbonyl (C=O) groups excluding carboxylic acids is 2. The second-order valence-electron chi connectivity index (χ2n) is 4.86. The lowest BCUT2D eigenvalue weighted by Crippen LogP contribution is -2.24. The molecule has 8 heteroatoms. The molecule has 0 saturated carbocycles. The van der Waals surface area contributed by atoms with E-state index in [9.17, 15) is 9.59 Å². The highest BCUT2D eigenvalue weighted by molar-refractivity contribution is 6.30. The van der Waals surface area contributed by atoms with Crippen molar-refractivity contribution >= 4 is 29.6 Å². The minimum Gasteiger partial charge on any atom is -0.484 e. The SMILES string of the molecule is NC(=O)COc1ccc(/C=N/NC(=O)COc2cccc(Cl)c2)cc1. The Morgan fingerprint density at radius 1 is 1.08 bits per heavy atom. The number of nitrogens with zero attached hydrogens (tertiary/aromatic N) is 1. The van der Waals surface area contributed by atoms with Gasteiger partial charge in [0.1, 0.15) is 11.5 Å². The van der Waals surface area contributed by atoms with Crippen molar-refractivity contribution in [2.45, 2.75) is 0 Å². The van der Waals surface area contributed by atoms with E-state index < -0.39 is 11.8 Å². The molecule has 0 fully saturated rings. The summed E-state index contributed by atoms with van der Waals surface area (Å²) in [7, 11) is 0. The smallest absolute Gasteiger partial charge is 0.277 e. The van der Waals surface area contributed by atoms with Crippen LogP contribution < -0.4 is 20.6 Å². The molecule has 2 rings (SSSR count). The number of rotatable bonds is 8. The highest BCUT2D eigenvalue weighted by Gasteiger charge is 2.02. The van der Waals surface area contributed by atoms with E-state index in [1.165, 1.54) is 6.21 Å². The summed E-state index contributed by atoms with van der Waals surface area (Å²) in [5.74, 6) is 0.0547. The molecule has 0 saturated heterocycles. The first-order valence-electron chi connectivity index (χ1n) is 7.24. The van der Waals surface area contributed by atoms with E-state index in [1.54, 1.807) is 48.5 Å². The second kappa shape index (κ2) is 9.29. The number of amides is 2. The number of nitrogens with two attached hydrogens (primary N) is 1. The van der Waals surface area contributed by atoms with Gasteiger partial charge in [-0.3, -0.25) is 9.59 Å². The van der Waals surface area contributed by atoms with Crippen LogP contribution in [0.2, 0.25) is 5.02 Å². The molecule has 130 valence electrons. The first-order chi connectivity index (χ1) is 12.0. The van der Waals surface area contributed by atoms with Gasteiger partial charge in [0.2, 0.25) is 0 Å². The van der Waals surface area contributed by atoms with E-state index in [4.69, 9.17) is 26.8 Å². The van der Waals surface area contributed by atoms with E-state index in [-0.39, 0.29) is 13.2 Å². The quantitative estimate of drug-likeness (QED) is 0.552. The monoisotopic (exact) mass is 361 g/mol. The van der Waals surface area contributed by atoms with Crippen LogP contribution in [0.25, 0.3) is 0 Å². The van der Waals surface area contributed by atoms with Crippen molar-refractivity contribution in [2.75, 3.05) is 13.2 Å². The van der Waals surface area contributed by atoms with Gasteiger partial charge < -0.3 is 15.2 Å². The molecule has 2 amide bonds.